The Kier molecular flexibility index (Phi) is 10.7. The summed E-state index contributed by atoms with van der Waals surface area (Å²) in [4.78, 5) is 64.2. The lowest BCUT2D eigenvalue weighted by Crippen LogP contribution is -2.57. The molecule has 1 heterocycles. The minimum absolute atomic E-state index is 0.116. The number of nitrogens with one attached hydrogen (secondary N) is 4. The maximum absolute atomic E-state index is 13.3. The molecule has 36 heavy (non-hydrogen) atoms. The average molecular weight is 521 g/mol. The van der Waals surface area contributed by atoms with Crippen LogP contribution in [0.4, 0.5) is 0 Å². The van der Waals surface area contributed by atoms with E-state index in [-0.39, 0.29) is 12.8 Å². The number of hydrogen-bond acceptors (Lipinski definition) is 7. The minimum atomic E-state index is -1.54. The quantitative estimate of drug-likeness (QED) is 0.168. The summed E-state index contributed by atoms with van der Waals surface area (Å²) >= 11 is 1.43. The number of carboxylic acid groups (broad SMARTS) is 1. The molecule has 0 bridgehead atoms. The maximum atomic E-state index is 13.3. The SMILES string of the molecule is CSCCC(NC(=O)C(Cc1c[nH]c2ccccc12)NC(=O)C(C)N)C(=O)NC(CC(N)=O)C(=O)O. The molecule has 2 rings (SSSR count). The zero-order valence-corrected chi connectivity index (χ0v) is 20.9. The smallest absolute Gasteiger partial charge is 0.326 e. The summed E-state index contributed by atoms with van der Waals surface area (Å²) in [5, 5.41) is 17.7. The van der Waals surface area contributed by atoms with E-state index < -0.39 is 60.2 Å². The normalized spacial score (nSPS) is 14.3. The van der Waals surface area contributed by atoms with Gasteiger partial charge in [-0.2, -0.15) is 11.8 Å². The van der Waals surface area contributed by atoms with Gasteiger partial charge in [0.2, 0.25) is 23.6 Å². The van der Waals surface area contributed by atoms with E-state index in [0.717, 1.165) is 16.5 Å². The van der Waals surface area contributed by atoms with Crippen LogP contribution in [0.5, 0.6) is 0 Å². The van der Waals surface area contributed by atoms with Gasteiger partial charge < -0.3 is 37.5 Å². The van der Waals surface area contributed by atoms with E-state index in [9.17, 15) is 29.1 Å². The number of thioether (sulfide) groups is 1. The lowest BCUT2D eigenvalue weighted by molar-refractivity contribution is -0.143. The zero-order chi connectivity index (χ0) is 26.8. The molecule has 1 aromatic heterocycles. The first-order valence-electron chi connectivity index (χ1n) is 11.2. The highest BCUT2D eigenvalue weighted by Crippen LogP contribution is 2.19. The number of carbonyl (C=O) groups excluding carboxylic acids is 4. The highest BCUT2D eigenvalue weighted by Gasteiger charge is 2.30. The number of primary amides is 1. The first-order chi connectivity index (χ1) is 17.0. The molecule has 0 saturated carbocycles. The van der Waals surface area contributed by atoms with E-state index in [4.69, 9.17) is 11.5 Å². The van der Waals surface area contributed by atoms with E-state index in [1.807, 2.05) is 30.5 Å². The van der Waals surface area contributed by atoms with Gasteiger partial charge in [-0.15, -0.1) is 0 Å². The van der Waals surface area contributed by atoms with E-state index in [0.29, 0.717) is 5.75 Å². The summed E-state index contributed by atoms with van der Waals surface area (Å²) in [6.07, 6.45) is 3.25. The summed E-state index contributed by atoms with van der Waals surface area (Å²) < 4.78 is 0. The number of carboxylic acids is 1. The van der Waals surface area contributed by atoms with Gasteiger partial charge in [0.05, 0.1) is 12.5 Å². The van der Waals surface area contributed by atoms with Crippen molar-refractivity contribution in [1.29, 1.82) is 0 Å². The van der Waals surface area contributed by atoms with Gasteiger partial charge in [0.1, 0.15) is 18.1 Å². The van der Waals surface area contributed by atoms with Crippen molar-refractivity contribution in [3.63, 3.8) is 0 Å². The molecule has 0 aliphatic heterocycles. The van der Waals surface area contributed by atoms with E-state index in [1.165, 1.54) is 18.7 Å². The minimum Gasteiger partial charge on any atom is -0.480 e. The van der Waals surface area contributed by atoms with Gasteiger partial charge in [0.15, 0.2) is 0 Å². The third kappa shape index (κ3) is 8.27. The Labute approximate surface area is 212 Å². The largest absolute Gasteiger partial charge is 0.480 e. The number of rotatable bonds is 14. The number of para-hydroxylation sites is 1. The molecule has 2 aromatic rings. The van der Waals surface area contributed by atoms with Crippen LogP contribution in [0.3, 0.4) is 0 Å². The molecule has 4 atom stereocenters. The fourth-order valence-corrected chi connectivity index (χ4v) is 3.95. The highest BCUT2D eigenvalue weighted by atomic mass is 32.2. The molecule has 0 spiro atoms. The standard InChI is InChI=1S/C23H32N6O6S/c1-12(24)20(31)28-17(9-13-11-26-15-6-4-3-5-14(13)15)22(33)27-16(7-8-36-2)21(32)29-18(23(34)35)10-19(25)30/h3-6,11-12,16-18,26H,7-10,24H2,1-2H3,(H2,25,30)(H,27,33)(H,28,31)(H,29,32)(H,34,35). The van der Waals surface area contributed by atoms with Crippen molar-refractivity contribution in [2.24, 2.45) is 11.5 Å². The summed E-state index contributed by atoms with van der Waals surface area (Å²) in [5.41, 5.74) is 12.4. The Morgan fingerprint density at radius 1 is 1.00 bits per heavy atom. The number of aromatic nitrogens is 1. The molecule has 12 nitrogen and oxygen atoms in total. The van der Waals surface area contributed by atoms with E-state index in [2.05, 4.69) is 20.9 Å². The monoisotopic (exact) mass is 520 g/mol. The van der Waals surface area contributed by atoms with Crippen LogP contribution >= 0.6 is 11.8 Å². The third-order valence-electron chi connectivity index (χ3n) is 5.41. The van der Waals surface area contributed by atoms with Crippen molar-refractivity contribution in [2.75, 3.05) is 12.0 Å². The summed E-state index contributed by atoms with van der Waals surface area (Å²) in [6.45, 7) is 1.48. The molecular formula is C23H32N6O6S. The fourth-order valence-electron chi connectivity index (χ4n) is 3.48. The molecule has 13 heteroatoms. The number of benzene rings is 1. The van der Waals surface area contributed by atoms with Gasteiger partial charge >= 0.3 is 5.97 Å². The topological polar surface area (TPSA) is 210 Å². The molecule has 4 unspecified atom stereocenters. The lowest BCUT2D eigenvalue weighted by Gasteiger charge is -2.24. The molecule has 0 saturated heterocycles. The van der Waals surface area contributed by atoms with Gasteiger partial charge in [0, 0.05) is 23.5 Å². The molecule has 9 N–H and O–H groups in total. The van der Waals surface area contributed by atoms with Crippen LogP contribution in [-0.4, -0.2) is 75.9 Å². The van der Waals surface area contributed by atoms with Gasteiger partial charge in [-0.1, -0.05) is 18.2 Å². The number of carbonyl (C=O) groups is 5. The molecule has 0 fully saturated rings. The molecule has 1 aromatic carbocycles. The van der Waals surface area contributed by atoms with Crippen molar-refractivity contribution in [3.8, 4) is 0 Å². The van der Waals surface area contributed by atoms with Crippen LogP contribution < -0.4 is 27.4 Å². The highest BCUT2D eigenvalue weighted by molar-refractivity contribution is 7.98. The lowest BCUT2D eigenvalue weighted by atomic mass is 10.0. The number of aromatic amines is 1. The van der Waals surface area contributed by atoms with Gasteiger partial charge in [-0.25, -0.2) is 4.79 Å². The Hall–Kier alpha value is -3.58. The van der Waals surface area contributed by atoms with Crippen LogP contribution in [0.15, 0.2) is 30.5 Å². The average Bonchev–Trinajstić information content (AvgIpc) is 3.22. The molecule has 0 radical (unpaired) electrons. The molecule has 0 aliphatic rings. The number of fused-ring (bicyclic) bond motifs is 1. The molecule has 196 valence electrons. The van der Waals surface area contributed by atoms with Gasteiger partial charge in [-0.3, -0.25) is 19.2 Å². The predicted octanol–water partition coefficient (Wildman–Crippen LogP) is -0.775. The van der Waals surface area contributed by atoms with Crippen molar-refractivity contribution in [3.05, 3.63) is 36.0 Å². The Bertz CT molecular complexity index is 1100. The number of aliphatic carboxylic acids is 1. The van der Waals surface area contributed by atoms with E-state index >= 15 is 0 Å². The second-order valence-corrected chi connectivity index (χ2v) is 9.31. The summed E-state index contributed by atoms with van der Waals surface area (Å²) in [6, 6.07) is 2.88. The number of amides is 4. The first kappa shape index (κ1) is 28.7. The van der Waals surface area contributed by atoms with Gasteiger partial charge in [-0.05, 0) is 37.0 Å². The zero-order valence-electron chi connectivity index (χ0n) is 20.1. The molecule has 0 aliphatic carbocycles. The first-order valence-corrected chi connectivity index (χ1v) is 12.6. The fraction of sp³-hybridized carbons (Fsp3) is 0.435. The van der Waals surface area contributed by atoms with Crippen LogP contribution in [0.2, 0.25) is 0 Å². The second kappa shape index (κ2) is 13.5. The predicted molar refractivity (Wildman–Crippen MR) is 136 cm³/mol. The molecular weight excluding hydrogens is 488 g/mol. The Morgan fingerprint density at radius 2 is 1.61 bits per heavy atom. The number of nitrogens with two attached hydrogens (primary N) is 2. The number of H-pyrrole nitrogens is 1. The van der Waals surface area contributed by atoms with Crippen LogP contribution in [0.25, 0.3) is 10.9 Å². The molecule has 4 amide bonds. The Morgan fingerprint density at radius 3 is 2.22 bits per heavy atom. The summed E-state index contributed by atoms with van der Waals surface area (Å²) in [5.74, 6) is -3.82. The second-order valence-electron chi connectivity index (χ2n) is 8.33. The number of hydrogen-bond donors (Lipinski definition) is 7. The van der Waals surface area contributed by atoms with Crippen LogP contribution in [0.1, 0.15) is 25.3 Å². The van der Waals surface area contributed by atoms with Crippen molar-refractivity contribution >= 4 is 52.3 Å². The van der Waals surface area contributed by atoms with Crippen molar-refractivity contribution < 1.29 is 29.1 Å². The Balaban J connectivity index is 2.25. The summed E-state index contributed by atoms with van der Waals surface area (Å²) in [7, 11) is 0. The van der Waals surface area contributed by atoms with E-state index in [1.54, 1.807) is 6.20 Å². The third-order valence-corrected chi connectivity index (χ3v) is 6.05. The van der Waals surface area contributed by atoms with Gasteiger partial charge in [0.25, 0.3) is 0 Å². The van der Waals surface area contributed by atoms with Crippen LogP contribution in [-0.2, 0) is 30.4 Å². The van der Waals surface area contributed by atoms with Crippen molar-refractivity contribution in [1.82, 2.24) is 20.9 Å². The van der Waals surface area contributed by atoms with Crippen molar-refractivity contribution in [2.45, 2.75) is 50.4 Å². The maximum Gasteiger partial charge on any atom is 0.326 e. The van der Waals surface area contributed by atoms with Crippen LogP contribution in [0, 0.1) is 0 Å².